The normalized spacial score (nSPS) is 14.6. The van der Waals surface area contributed by atoms with E-state index in [0.29, 0.717) is 0 Å². The van der Waals surface area contributed by atoms with Crippen molar-refractivity contribution in [2.45, 2.75) is 32.2 Å². The van der Waals surface area contributed by atoms with Crippen LogP contribution in [0.25, 0.3) is 4.96 Å². The van der Waals surface area contributed by atoms with Gasteiger partial charge in [-0.25, -0.2) is 4.98 Å². The Bertz CT molecular complexity index is 495. The summed E-state index contributed by atoms with van der Waals surface area (Å²) in [4.78, 5) is 5.25. The van der Waals surface area contributed by atoms with E-state index in [0.717, 1.165) is 10.7 Å². The topological polar surface area (TPSA) is 63.5 Å². The summed E-state index contributed by atoms with van der Waals surface area (Å²) < 4.78 is 2.06. The molecule has 1 atom stereocenters. The number of hydrogen-bond donors (Lipinski definition) is 2. The van der Waals surface area contributed by atoms with Crippen molar-refractivity contribution in [2.75, 3.05) is 6.61 Å². The molecule has 2 aromatic rings. The molecule has 0 aliphatic heterocycles. The third kappa shape index (κ3) is 1.75. The van der Waals surface area contributed by atoms with Gasteiger partial charge in [0, 0.05) is 16.5 Å². The van der Waals surface area contributed by atoms with Gasteiger partial charge >= 0.3 is 0 Å². The predicted octanol–water partition coefficient (Wildman–Crippen LogP) is 1.69. The predicted molar refractivity (Wildman–Crippen MR) is 65.8 cm³/mol. The van der Waals surface area contributed by atoms with Crippen LogP contribution in [0.2, 0.25) is 0 Å². The summed E-state index contributed by atoms with van der Waals surface area (Å²) in [6.45, 7) is 6.40. The second kappa shape index (κ2) is 3.84. The van der Waals surface area contributed by atoms with Crippen molar-refractivity contribution in [3.8, 4) is 0 Å². The summed E-state index contributed by atoms with van der Waals surface area (Å²) >= 11 is 1.60. The molecule has 0 amide bonds. The van der Waals surface area contributed by atoms with E-state index in [1.54, 1.807) is 17.5 Å². The molecule has 88 valence electrons. The van der Waals surface area contributed by atoms with Crippen LogP contribution in [0.3, 0.4) is 0 Å². The van der Waals surface area contributed by atoms with Crippen molar-refractivity contribution in [3.63, 3.8) is 0 Å². The van der Waals surface area contributed by atoms with Crippen LogP contribution in [-0.4, -0.2) is 21.1 Å². The molecule has 0 bridgehead atoms. The molecular formula is C11H17N3OS. The fourth-order valence-electron chi connectivity index (χ4n) is 1.70. The number of aromatic nitrogens is 2. The van der Waals surface area contributed by atoms with Crippen LogP contribution >= 0.6 is 11.3 Å². The fraction of sp³-hybridized carbons (Fsp3) is 0.545. The number of nitrogens with two attached hydrogens (primary N) is 1. The molecule has 0 saturated heterocycles. The second-order valence-corrected chi connectivity index (χ2v) is 5.80. The lowest BCUT2D eigenvalue weighted by atomic mass is 9.93. The van der Waals surface area contributed by atoms with Crippen molar-refractivity contribution in [1.82, 2.24) is 9.38 Å². The molecule has 0 saturated carbocycles. The molecule has 0 fully saturated rings. The highest BCUT2D eigenvalue weighted by Gasteiger charge is 2.22. The largest absolute Gasteiger partial charge is 0.394 e. The molecule has 2 heterocycles. The van der Waals surface area contributed by atoms with Gasteiger partial charge in [-0.1, -0.05) is 20.8 Å². The number of nitrogens with zero attached hydrogens (tertiary/aromatic N) is 2. The van der Waals surface area contributed by atoms with E-state index in [-0.39, 0.29) is 18.1 Å². The Morgan fingerprint density at radius 1 is 1.56 bits per heavy atom. The average Bonchev–Trinajstić information content (AvgIpc) is 2.74. The maximum Gasteiger partial charge on any atom is 0.194 e. The first-order chi connectivity index (χ1) is 7.45. The van der Waals surface area contributed by atoms with E-state index >= 15 is 0 Å². The van der Waals surface area contributed by atoms with Crippen LogP contribution in [0.15, 0.2) is 11.6 Å². The van der Waals surface area contributed by atoms with Gasteiger partial charge in [0.2, 0.25) is 0 Å². The highest BCUT2D eigenvalue weighted by Crippen LogP contribution is 2.29. The summed E-state index contributed by atoms with van der Waals surface area (Å²) in [5.41, 5.74) is 7.98. The number of thiazole rings is 1. The smallest absolute Gasteiger partial charge is 0.194 e. The Hall–Kier alpha value is -0.910. The first-order valence-corrected chi connectivity index (χ1v) is 6.15. The summed E-state index contributed by atoms with van der Waals surface area (Å²) in [6.07, 6.45) is 1.75. The third-order valence-electron chi connectivity index (χ3n) is 2.62. The van der Waals surface area contributed by atoms with E-state index in [9.17, 15) is 0 Å². The lowest BCUT2D eigenvalue weighted by Crippen LogP contribution is -2.20. The van der Waals surface area contributed by atoms with E-state index in [1.807, 2.05) is 0 Å². The standard InChI is InChI=1S/C11H17N3OS/c1-11(2,3)9-6-16-10-13-4-8(14(9)10)7(12)5-15/h4,6-7,15H,5,12H2,1-3H3. The second-order valence-electron chi connectivity index (χ2n) is 4.96. The average molecular weight is 239 g/mol. The van der Waals surface area contributed by atoms with E-state index in [4.69, 9.17) is 10.8 Å². The summed E-state index contributed by atoms with van der Waals surface area (Å²) in [7, 11) is 0. The summed E-state index contributed by atoms with van der Waals surface area (Å²) in [6, 6.07) is -0.370. The maximum atomic E-state index is 9.13. The van der Waals surface area contributed by atoms with Crippen molar-refractivity contribution in [2.24, 2.45) is 5.73 Å². The minimum atomic E-state index is -0.370. The third-order valence-corrected chi connectivity index (χ3v) is 3.46. The number of aliphatic hydroxyl groups excluding tert-OH is 1. The first kappa shape index (κ1) is 11.6. The molecule has 3 N–H and O–H groups in total. The van der Waals surface area contributed by atoms with Crippen LogP contribution < -0.4 is 5.73 Å². The Kier molecular flexibility index (Phi) is 2.77. The van der Waals surface area contributed by atoms with Gasteiger partial charge in [-0.3, -0.25) is 4.40 Å². The van der Waals surface area contributed by atoms with E-state index in [1.165, 1.54) is 5.69 Å². The number of aliphatic hydroxyl groups is 1. The number of hydrogen-bond acceptors (Lipinski definition) is 4. The van der Waals surface area contributed by atoms with Crippen LogP contribution in [0, 0.1) is 0 Å². The number of imidazole rings is 1. The molecule has 0 aliphatic carbocycles. The van der Waals surface area contributed by atoms with E-state index in [2.05, 4.69) is 35.5 Å². The molecule has 2 aromatic heterocycles. The number of fused-ring (bicyclic) bond motifs is 1. The van der Waals surface area contributed by atoms with Crippen LogP contribution in [0.1, 0.15) is 38.2 Å². The van der Waals surface area contributed by atoms with Gasteiger partial charge in [0.25, 0.3) is 0 Å². The minimum Gasteiger partial charge on any atom is -0.394 e. The van der Waals surface area contributed by atoms with Crippen molar-refractivity contribution in [1.29, 1.82) is 0 Å². The lowest BCUT2D eigenvalue weighted by molar-refractivity contribution is 0.265. The van der Waals surface area contributed by atoms with Crippen LogP contribution in [0.4, 0.5) is 0 Å². The van der Waals surface area contributed by atoms with Gasteiger partial charge in [-0.05, 0) is 0 Å². The Balaban J connectivity index is 2.64. The van der Waals surface area contributed by atoms with Gasteiger partial charge in [0.1, 0.15) is 0 Å². The molecule has 1 unspecified atom stereocenters. The molecule has 2 rings (SSSR count). The molecule has 0 aromatic carbocycles. The molecule has 0 radical (unpaired) electrons. The van der Waals surface area contributed by atoms with Crippen LogP contribution in [0.5, 0.6) is 0 Å². The SMILES string of the molecule is CC(C)(C)c1csc2ncc(C(N)CO)n12. The van der Waals surface area contributed by atoms with Gasteiger partial charge in [0.15, 0.2) is 4.96 Å². The Morgan fingerprint density at radius 2 is 2.25 bits per heavy atom. The Morgan fingerprint density at radius 3 is 2.81 bits per heavy atom. The zero-order valence-electron chi connectivity index (χ0n) is 9.77. The van der Waals surface area contributed by atoms with Gasteiger partial charge in [-0.2, -0.15) is 0 Å². The first-order valence-electron chi connectivity index (χ1n) is 5.27. The molecule has 4 nitrogen and oxygen atoms in total. The molecule has 0 aliphatic rings. The van der Waals surface area contributed by atoms with Crippen molar-refractivity contribution in [3.05, 3.63) is 23.0 Å². The summed E-state index contributed by atoms with van der Waals surface area (Å²) in [5, 5.41) is 11.2. The van der Waals surface area contributed by atoms with E-state index < -0.39 is 0 Å². The quantitative estimate of drug-likeness (QED) is 0.838. The zero-order valence-corrected chi connectivity index (χ0v) is 10.6. The fourth-order valence-corrected chi connectivity index (χ4v) is 2.80. The van der Waals surface area contributed by atoms with Gasteiger partial charge in [0.05, 0.1) is 24.5 Å². The van der Waals surface area contributed by atoms with Gasteiger partial charge < -0.3 is 10.8 Å². The van der Waals surface area contributed by atoms with Gasteiger partial charge in [-0.15, -0.1) is 11.3 Å². The maximum absolute atomic E-state index is 9.13. The highest BCUT2D eigenvalue weighted by atomic mass is 32.1. The van der Waals surface area contributed by atoms with Crippen molar-refractivity contribution >= 4 is 16.3 Å². The summed E-state index contributed by atoms with van der Waals surface area (Å²) in [5.74, 6) is 0. The monoisotopic (exact) mass is 239 g/mol. The molecule has 16 heavy (non-hydrogen) atoms. The zero-order chi connectivity index (χ0) is 11.9. The minimum absolute atomic E-state index is 0.0445. The van der Waals surface area contributed by atoms with Crippen LogP contribution in [-0.2, 0) is 5.41 Å². The Labute approximate surface area is 98.7 Å². The molecule has 5 heteroatoms. The molecule has 0 spiro atoms. The van der Waals surface area contributed by atoms with Crippen molar-refractivity contribution < 1.29 is 5.11 Å². The highest BCUT2D eigenvalue weighted by molar-refractivity contribution is 7.15. The lowest BCUT2D eigenvalue weighted by Gasteiger charge is -2.19. The number of rotatable bonds is 2. The molecular weight excluding hydrogens is 222 g/mol.